The van der Waals surface area contributed by atoms with Crippen LogP contribution in [-0.4, -0.2) is 22.1 Å². The van der Waals surface area contributed by atoms with Gasteiger partial charge < -0.3 is 5.73 Å². The Bertz CT molecular complexity index is 363. The summed E-state index contributed by atoms with van der Waals surface area (Å²) in [6.45, 7) is 3.56. The van der Waals surface area contributed by atoms with Gasteiger partial charge in [-0.25, -0.2) is 0 Å². The maximum Gasteiger partial charge on any atom is 0.182 e. The van der Waals surface area contributed by atoms with Crippen LogP contribution >= 0.6 is 15.9 Å². The van der Waals surface area contributed by atoms with Crippen molar-refractivity contribution in [3.8, 4) is 0 Å². The van der Waals surface area contributed by atoms with Crippen molar-refractivity contribution < 1.29 is 4.79 Å². The van der Waals surface area contributed by atoms with Gasteiger partial charge in [0.15, 0.2) is 5.78 Å². The van der Waals surface area contributed by atoms with Gasteiger partial charge >= 0.3 is 0 Å². The molecule has 1 aromatic heterocycles. The van der Waals surface area contributed by atoms with E-state index in [0.29, 0.717) is 18.7 Å². The number of carbonyl (C=O) groups is 1. The highest BCUT2D eigenvalue weighted by atomic mass is 79.9. The SMILES string of the molecule is CCCn1ncc(Br)c1C(=O)CCCCCN. The molecule has 0 aromatic carbocycles. The first-order chi connectivity index (χ1) is 8.20. The topological polar surface area (TPSA) is 60.9 Å². The van der Waals surface area contributed by atoms with E-state index in [0.717, 1.165) is 36.7 Å². The molecule has 0 aliphatic carbocycles. The lowest BCUT2D eigenvalue weighted by Crippen LogP contribution is -2.11. The predicted molar refractivity (Wildman–Crippen MR) is 72.1 cm³/mol. The number of ketones is 1. The average molecular weight is 302 g/mol. The zero-order chi connectivity index (χ0) is 12.7. The van der Waals surface area contributed by atoms with E-state index in [1.165, 1.54) is 0 Å². The summed E-state index contributed by atoms with van der Waals surface area (Å²) in [6.07, 6.45) is 6.16. The number of unbranched alkanes of at least 4 members (excludes halogenated alkanes) is 2. The molecule has 0 atom stereocenters. The van der Waals surface area contributed by atoms with Crippen LogP contribution in [0.25, 0.3) is 0 Å². The number of hydrogen-bond donors (Lipinski definition) is 1. The highest BCUT2D eigenvalue weighted by molar-refractivity contribution is 9.10. The van der Waals surface area contributed by atoms with Crippen LogP contribution in [-0.2, 0) is 6.54 Å². The van der Waals surface area contributed by atoms with Gasteiger partial charge in [0.25, 0.3) is 0 Å². The molecule has 96 valence electrons. The van der Waals surface area contributed by atoms with Crippen LogP contribution < -0.4 is 5.73 Å². The summed E-state index contributed by atoms with van der Waals surface area (Å²) in [5.41, 5.74) is 6.13. The van der Waals surface area contributed by atoms with E-state index in [2.05, 4.69) is 28.0 Å². The smallest absolute Gasteiger partial charge is 0.182 e. The van der Waals surface area contributed by atoms with Gasteiger partial charge in [-0.2, -0.15) is 5.10 Å². The second-order valence-corrected chi connectivity index (χ2v) is 4.94. The van der Waals surface area contributed by atoms with Gasteiger partial charge in [-0.15, -0.1) is 0 Å². The quantitative estimate of drug-likeness (QED) is 0.593. The lowest BCUT2D eigenvalue weighted by molar-refractivity contribution is 0.0967. The van der Waals surface area contributed by atoms with E-state index < -0.39 is 0 Å². The monoisotopic (exact) mass is 301 g/mol. The van der Waals surface area contributed by atoms with Crippen molar-refractivity contribution in [1.82, 2.24) is 9.78 Å². The Hall–Kier alpha value is -0.680. The Morgan fingerprint density at radius 1 is 1.47 bits per heavy atom. The van der Waals surface area contributed by atoms with Gasteiger partial charge in [0.2, 0.25) is 0 Å². The molecular formula is C12H20BrN3O. The van der Waals surface area contributed by atoms with Gasteiger partial charge in [0.05, 0.1) is 10.7 Å². The van der Waals surface area contributed by atoms with E-state index in [-0.39, 0.29) is 5.78 Å². The first kappa shape index (κ1) is 14.4. The summed E-state index contributed by atoms with van der Waals surface area (Å²) < 4.78 is 2.59. The van der Waals surface area contributed by atoms with Gasteiger partial charge in [0.1, 0.15) is 5.69 Å². The summed E-state index contributed by atoms with van der Waals surface area (Å²) in [7, 11) is 0. The Kier molecular flexibility index (Phi) is 6.44. The molecule has 1 heterocycles. The van der Waals surface area contributed by atoms with E-state index in [1.807, 2.05) is 0 Å². The number of Topliss-reactive ketones (excluding diaryl/α,β-unsaturated/α-hetero) is 1. The zero-order valence-corrected chi connectivity index (χ0v) is 11.9. The number of nitrogens with two attached hydrogens (primary N) is 1. The van der Waals surface area contributed by atoms with Crippen LogP contribution in [0, 0.1) is 0 Å². The predicted octanol–water partition coefficient (Wildman–Crippen LogP) is 2.76. The van der Waals surface area contributed by atoms with Crippen molar-refractivity contribution in [2.75, 3.05) is 6.54 Å². The van der Waals surface area contributed by atoms with E-state index in [1.54, 1.807) is 10.9 Å². The standard InChI is InChI=1S/C12H20BrN3O/c1-2-8-16-12(10(13)9-15-16)11(17)6-4-3-5-7-14/h9H,2-8,14H2,1H3. The molecule has 0 fully saturated rings. The summed E-state index contributed by atoms with van der Waals surface area (Å²) >= 11 is 3.39. The van der Waals surface area contributed by atoms with Crippen molar-refractivity contribution in [2.45, 2.75) is 45.6 Å². The first-order valence-electron chi connectivity index (χ1n) is 6.15. The molecule has 0 bridgehead atoms. The normalized spacial score (nSPS) is 10.8. The lowest BCUT2D eigenvalue weighted by atomic mass is 10.1. The van der Waals surface area contributed by atoms with Crippen molar-refractivity contribution >= 4 is 21.7 Å². The maximum absolute atomic E-state index is 12.1. The highest BCUT2D eigenvalue weighted by Crippen LogP contribution is 2.19. The fraction of sp³-hybridized carbons (Fsp3) is 0.667. The van der Waals surface area contributed by atoms with Crippen LogP contribution in [0.3, 0.4) is 0 Å². The molecule has 0 aliphatic heterocycles. The number of aromatic nitrogens is 2. The minimum Gasteiger partial charge on any atom is -0.330 e. The van der Waals surface area contributed by atoms with Gasteiger partial charge in [0, 0.05) is 13.0 Å². The minimum atomic E-state index is 0.167. The van der Waals surface area contributed by atoms with Crippen molar-refractivity contribution in [1.29, 1.82) is 0 Å². The molecule has 2 N–H and O–H groups in total. The Morgan fingerprint density at radius 3 is 2.88 bits per heavy atom. The molecule has 0 spiro atoms. The average Bonchev–Trinajstić information content (AvgIpc) is 2.66. The van der Waals surface area contributed by atoms with Crippen molar-refractivity contribution in [2.24, 2.45) is 5.73 Å². The molecule has 1 rings (SSSR count). The molecule has 0 saturated carbocycles. The second-order valence-electron chi connectivity index (χ2n) is 4.09. The molecule has 0 saturated heterocycles. The largest absolute Gasteiger partial charge is 0.330 e. The number of aryl methyl sites for hydroxylation is 1. The number of halogens is 1. The first-order valence-corrected chi connectivity index (χ1v) is 6.94. The molecule has 5 heteroatoms. The van der Waals surface area contributed by atoms with E-state index >= 15 is 0 Å². The maximum atomic E-state index is 12.1. The molecule has 0 unspecified atom stereocenters. The van der Waals surface area contributed by atoms with Crippen molar-refractivity contribution in [3.05, 3.63) is 16.4 Å². The van der Waals surface area contributed by atoms with Crippen LogP contribution in [0.2, 0.25) is 0 Å². The van der Waals surface area contributed by atoms with Crippen molar-refractivity contribution in [3.63, 3.8) is 0 Å². The van der Waals surface area contributed by atoms with E-state index in [4.69, 9.17) is 5.73 Å². The van der Waals surface area contributed by atoms with Gasteiger partial charge in [-0.05, 0) is 41.7 Å². The lowest BCUT2D eigenvalue weighted by Gasteiger charge is -2.05. The summed E-state index contributed by atoms with van der Waals surface area (Å²) in [5.74, 6) is 0.167. The third-order valence-corrected chi connectivity index (χ3v) is 3.18. The van der Waals surface area contributed by atoms with Gasteiger partial charge in [-0.1, -0.05) is 13.3 Å². The Morgan fingerprint density at radius 2 is 2.24 bits per heavy atom. The number of rotatable bonds is 8. The minimum absolute atomic E-state index is 0.167. The van der Waals surface area contributed by atoms with Crippen LogP contribution in [0.15, 0.2) is 10.7 Å². The van der Waals surface area contributed by atoms with Gasteiger partial charge in [-0.3, -0.25) is 9.48 Å². The Labute approximate surface area is 111 Å². The molecule has 17 heavy (non-hydrogen) atoms. The summed E-state index contributed by atoms with van der Waals surface area (Å²) in [6, 6.07) is 0. The fourth-order valence-corrected chi connectivity index (χ4v) is 2.26. The zero-order valence-electron chi connectivity index (χ0n) is 10.3. The fourth-order valence-electron chi connectivity index (χ4n) is 1.75. The Balaban J connectivity index is 2.58. The van der Waals surface area contributed by atoms with Crippen LogP contribution in [0.1, 0.15) is 49.5 Å². The summed E-state index contributed by atoms with van der Waals surface area (Å²) in [5, 5.41) is 4.20. The molecule has 0 amide bonds. The van der Waals surface area contributed by atoms with E-state index in [9.17, 15) is 4.79 Å². The molecule has 0 radical (unpaired) electrons. The second kappa shape index (κ2) is 7.61. The highest BCUT2D eigenvalue weighted by Gasteiger charge is 2.15. The summed E-state index contributed by atoms with van der Waals surface area (Å²) in [4.78, 5) is 12.1. The van der Waals surface area contributed by atoms with Crippen LogP contribution in [0.5, 0.6) is 0 Å². The number of carbonyl (C=O) groups excluding carboxylic acids is 1. The molecule has 0 aliphatic rings. The number of nitrogens with zero attached hydrogens (tertiary/aromatic N) is 2. The molecule has 4 nitrogen and oxygen atoms in total. The van der Waals surface area contributed by atoms with Crippen LogP contribution in [0.4, 0.5) is 0 Å². The third kappa shape index (κ3) is 4.24. The molecular weight excluding hydrogens is 282 g/mol. The third-order valence-electron chi connectivity index (χ3n) is 2.60. The molecule has 1 aromatic rings. The number of hydrogen-bond acceptors (Lipinski definition) is 3.